The molecule has 1 heterocycles. The molecule has 7 heteroatoms. The van der Waals surface area contributed by atoms with Crippen LogP contribution in [0.1, 0.15) is 23.7 Å². The number of nitro benzene ring substituents is 1. The Labute approximate surface area is 116 Å². The number of aliphatic hydroxyl groups excluding tert-OH is 1. The molecule has 7 nitrogen and oxygen atoms in total. The van der Waals surface area contributed by atoms with Crippen molar-refractivity contribution in [3.63, 3.8) is 0 Å². The van der Waals surface area contributed by atoms with Crippen molar-refractivity contribution in [1.82, 2.24) is 5.32 Å². The van der Waals surface area contributed by atoms with E-state index in [4.69, 9.17) is 0 Å². The van der Waals surface area contributed by atoms with Gasteiger partial charge in [-0.15, -0.1) is 0 Å². The fourth-order valence-electron chi connectivity index (χ4n) is 2.30. The molecule has 108 valence electrons. The molecule has 2 rings (SSSR count). The molecule has 0 unspecified atom stereocenters. The molecular weight excluding hydrogens is 262 g/mol. The molecule has 0 spiro atoms. The largest absolute Gasteiger partial charge is 0.391 e. The highest BCUT2D eigenvalue weighted by molar-refractivity contribution is 5.96. The first-order chi connectivity index (χ1) is 9.52. The quantitative estimate of drug-likeness (QED) is 0.631. The third-order valence-corrected chi connectivity index (χ3v) is 3.28. The molecule has 2 N–H and O–H groups in total. The summed E-state index contributed by atoms with van der Waals surface area (Å²) in [6, 6.07) is 4.30. The minimum Gasteiger partial charge on any atom is -0.391 e. The smallest absolute Gasteiger partial charge is 0.292 e. The Bertz CT molecular complexity index is 532. The number of aliphatic hydroxyl groups is 1. The van der Waals surface area contributed by atoms with Crippen LogP contribution in [-0.2, 0) is 0 Å². The Hall–Kier alpha value is -2.15. The monoisotopic (exact) mass is 279 g/mol. The van der Waals surface area contributed by atoms with Crippen molar-refractivity contribution in [3.05, 3.63) is 33.9 Å². The molecule has 1 fully saturated rings. The van der Waals surface area contributed by atoms with Crippen LogP contribution in [0.15, 0.2) is 18.2 Å². The third kappa shape index (κ3) is 2.88. The van der Waals surface area contributed by atoms with Gasteiger partial charge < -0.3 is 15.3 Å². The van der Waals surface area contributed by atoms with Crippen molar-refractivity contribution >= 4 is 17.3 Å². The lowest BCUT2D eigenvalue weighted by molar-refractivity contribution is -0.384. The summed E-state index contributed by atoms with van der Waals surface area (Å²) in [5.74, 6) is -0.261. The van der Waals surface area contributed by atoms with Crippen LogP contribution in [0.2, 0.25) is 0 Å². The number of amides is 1. The average Bonchev–Trinajstić information content (AvgIpc) is 2.85. The second-order valence-corrected chi connectivity index (χ2v) is 4.71. The molecule has 1 aromatic rings. The first-order valence-electron chi connectivity index (χ1n) is 6.52. The number of hydrogen-bond donors (Lipinski definition) is 2. The zero-order chi connectivity index (χ0) is 14.7. The number of rotatable bonds is 4. The van der Waals surface area contributed by atoms with Crippen LogP contribution >= 0.6 is 0 Å². The Morgan fingerprint density at radius 2 is 2.35 bits per heavy atom. The summed E-state index contributed by atoms with van der Waals surface area (Å²) >= 11 is 0. The highest BCUT2D eigenvalue weighted by atomic mass is 16.6. The number of anilines is 1. The predicted octanol–water partition coefficient (Wildman–Crippen LogP) is 0.916. The number of β-amino-alcohol motifs (C(OH)–C–C–N with tert-alkyl or cyclic N) is 1. The lowest BCUT2D eigenvalue weighted by atomic mass is 10.1. The highest BCUT2D eigenvalue weighted by Gasteiger charge is 2.27. The number of benzene rings is 1. The molecule has 0 aromatic heterocycles. The van der Waals surface area contributed by atoms with Crippen LogP contribution in [0.25, 0.3) is 0 Å². The van der Waals surface area contributed by atoms with Gasteiger partial charge in [0.25, 0.3) is 11.6 Å². The molecule has 0 saturated carbocycles. The number of nitrogens with one attached hydrogen (secondary N) is 1. The molecule has 0 radical (unpaired) electrons. The molecule has 0 bridgehead atoms. The molecule has 20 heavy (non-hydrogen) atoms. The third-order valence-electron chi connectivity index (χ3n) is 3.28. The number of hydrogen-bond acceptors (Lipinski definition) is 5. The number of nitrogens with zero attached hydrogens (tertiary/aromatic N) is 2. The van der Waals surface area contributed by atoms with Crippen LogP contribution in [0.5, 0.6) is 0 Å². The van der Waals surface area contributed by atoms with Gasteiger partial charge >= 0.3 is 0 Å². The van der Waals surface area contributed by atoms with E-state index >= 15 is 0 Å². The van der Waals surface area contributed by atoms with Gasteiger partial charge in [-0.1, -0.05) is 0 Å². The summed E-state index contributed by atoms with van der Waals surface area (Å²) in [6.07, 6.45) is 0.0884. The van der Waals surface area contributed by atoms with Crippen LogP contribution in [0, 0.1) is 10.1 Å². The van der Waals surface area contributed by atoms with Crippen molar-refractivity contribution in [2.45, 2.75) is 19.4 Å². The summed E-state index contributed by atoms with van der Waals surface area (Å²) in [6.45, 7) is 3.19. The van der Waals surface area contributed by atoms with E-state index in [2.05, 4.69) is 5.32 Å². The minimum absolute atomic E-state index is 0.0489. The van der Waals surface area contributed by atoms with Crippen molar-refractivity contribution < 1.29 is 14.8 Å². The summed E-state index contributed by atoms with van der Waals surface area (Å²) in [5.41, 5.74) is 0.719. The predicted molar refractivity (Wildman–Crippen MR) is 73.9 cm³/mol. The van der Waals surface area contributed by atoms with Crippen LogP contribution in [0.3, 0.4) is 0 Å². The topological polar surface area (TPSA) is 95.7 Å². The van der Waals surface area contributed by atoms with Crippen molar-refractivity contribution in [2.24, 2.45) is 0 Å². The molecule has 1 saturated heterocycles. The van der Waals surface area contributed by atoms with Crippen molar-refractivity contribution in [1.29, 1.82) is 0 Å². The number of nitro groups is 1. The number of carbonyl (C=O) groups excluding carboxylic acids is 1. The van der Waals surface area contributed by atoms with Gasteiger partial charge in [-0.25, -0.2) is 0 Å². The maximum Gasteiger partial charge on any atom is 0.292 e. The lowest BCUT2D eigenvalue weighted by Crippen LogP contribution is -2.25. The fourth-order valence-corrected chi connectivity index (χ4v) is 2.30. The van der Waals surface area contributed by atoms with E-state index in [1.54, 1.807) is 11.8 Å². The van der Waals surface area contributed by atoms with E-state index in [-0.39, 0.29) is 11.6 Å². The SMILES string of the molecule is CCNC(=O)c1ccc([N+](=O)[O-])c(N2CC[C@H](O)C2)c1. The normalized spacial score (nSPS) is 18.1. The minimum atomic E-state index is -0.484. The Balaban J connectivity index is 2.37. The van der Waals surface area contributed by atoms with E-state index in [0.717, 1.165) is 0 Å². The molecule has 1 amide bonds. The Morgan fingerprint density at radius 3 is 2.90 bits per heavy atom. The van der Waals surface area contributed by atoms with Gasteiger partial charge in [-0.2, -0.15) is 0 Å². The van der Waals surface area contributed by atoms with E-state index in [9.17, 15) is 20.0 Å². The highest BCUT2D eigenvalue weighted by Crippen LogP contribution is 2.31. The molecule has 1 atom stereocenters. The molecular formula is C13H17N3O4. The standard InChI is InChI=1S/C13H17N3O4/c1-2-14-13(18)9-3-4-11(16(19)20)12(7-9)15-6-5-10(17)8-15/h3-4,7,10,17H,2,5-6,8H2,1H3,(H,14,18)/t10-/m0/s1. The van der Waals surface area contributed by atoms with Crippen molar-refractivity contribution in [3.8, 4) is 0 Å². The van der Waals surface area contributed by atoms with E-state index in [0.29, 0.717) is 37.3 Å². The first-order valence-corrected chi connectivity index (χ1v) is 6.52. The van der Waals surface area contributed by atoms with Gasteiger partial charge in [0.05, 0.1) is 11.0 Å². The molecule has 0 aliphatic carbocycles. The number of carbonyl (C=O) groups is 1. The zero-order valence-corrected chi connectivity index (χ0v) is 11.2. The first kappa shape index (κ1) is 14.3. The average molecular weight is 279 g/mol. The summed E-state index contributed by atoms with van der Waals surface area (Å²) in [4.78, 5) is 24.2. The van der Waals surface area contributed by atoms with Gasteiger partial charge in [0.15, 0.2) is 0 Å². The van der Waals surface area contributed by atoms with Crippen LogP contribution in [-0.4, -0.2) is 41.7 Å². The Morgan fingerprint density at radius 1 is 1.60 bits per heavy atom. The molecule has 1 aromatic carbocycles. The Kier molecular flexibility index (Phi) is 4.19. The second-order valence-electron chi connectivity index (χ2n) is 4.71. The summed E-state index contributed by atoms with van der Waals surface area (Å²) < 4.78 is 0. The van der Waals surface area contributed by atoms with Crippen molar-refractivity contribution in [2.75, 3.05) is 24.5 Å². The van der Waals surface area contributed by atoms with Crippen LogP contribution in [0.4, 0.5) is 11.4 Å². The van der Waals surface area contributed by atoms with Gasteiger partial charge in [0.1, 0.15) is 5.69 Å². The van der Waals surface area contributed by atoms with Gasteiger partial charge in [0.2, 0.25) is 0 Å². The van der Waals surface area contributed by atoms with Crippen LogP contribution < -0.4 is 10.2 Å². The molecule has 1 aliphatic rings. The lowest BCUT2D eigenvalue weighted by Gasteiger charge is -2.18. The van der Waals surface area contributed by atoms with E-state index in [1.165, 1.54) is 18.2 Å². The molecule has 1 aliphatic heterocycles. The van der Waals surface area contributed by atoms with E-state index in [1.807, 2.05) is 0 Å². The summed E-state index contributed by atoms with van der Waals surface area (Å²) in [7, 11) is 0. The fraction of sp³-hybridized carbons (Fsp3) is 0.462. The van der Waals surface area contributed by atoms with Gasteiger partial charge in [0, 0.05) is 31.3 Å². The summed E-state index contributed by atoms with van der Waals surface area (Å²) in [5, 5.41) is 23.3. The zero-order valence-electron chi connectivity index (χ0n) is 11.2. The second kappa shape index (κ2) is 5.87. The van der Waals surface area contributed by atoms with Gasteiger partial charge in [-0.05, 0) is 25.5 Å². The maximum atomic E-state index is 11.8. The maximum absolute atomic E-state index is 11.8. The van der Waals surface area contributed by atoms with E-state index < -0.39 is 11.0 Å². The van der Waals surface area contributed by atoms with Gasteiger partial charge in [-0.3, -0.25) is 14.9 Å².